The maximum absolute atomic E-state index is 14.3. The molecule has 0 amide bonds. The molecule has 1 aliphatic rings. The van der Waals surface area contributed by atoms with Crippen LogP contribution in [0.5, 0.6) is 0 Å². The highest BCUT2D eigenvalue weighted by Gasteiger charge is 2.39. The molecular formula is C20H17FN6O2. The largest absolute Gasteiger partial charge is 0.339 e. The molecule has 5 rings (SSSR count). The van der Waals surface area contributed by atoms with Gasteiger partial charge in [-0.15, -0.1) is 0 Å². The van der Waals surface area contributed by atoms with E-state index in [1.54, 1.807) is 18.2 Å². The second kappa shape index (κ2) is 5.98. The van der Waals surface area contributed by atoms with E-state index >= 15 is 0 Å². The van der Waals surface area contributed by atoms with E-state index in [9.17, 15) is 14.4 Å². The average molecular weight is 392 g/mol. The minimum absolute atomic E-state index is 0.171. The molecule has 0 spiro atoms. The highest BCUT2D eigenvalue weighted by Crippen LogP contribution is 2.46. The number of rotatable bonds is 3. The summed E-state index contributed by atoms with van der Waals surface area (Å²) in [7, 11) is 0. The molecule has 9 heteroatoms. The lowest BCUT2D eigenvalue weighted by Crippen LogP contribution is -2.25. The summed E-state index contributed by atoms with van der Waals surface area (Å²) in [5, 5.41) is 13.5. The first-order chi connectivity index (χ1) is 13.9. The van der Waals surface area contributed by atoms with E-state index in [4.69, 9.17) is 4.52 Å². The van der Waals surface area contributed by atoms with Crippen LogP contribution in [0.3, 0.4) is 0 Å². The molecule has 3 aromatic heterocycles. The molecule has 0 aliphatic heterocycles. The third kappa shape index (κ3) is 2.42. The number of fused-ring (bicyclic) bond motifs is 3. The summed E-state index contributed by atoms with van der Waals surface area (Å²) in [5.74, 6) is 0.876. The van der Waals surface area contributed by atoms with Gasteiger partial charge in [-0.2, -0.15) is 10.2 Å². The molecule has 4 aromatic rings. The predicted molar refractivity (Wildman–Crippen MR) is 102 cm³/mol. The van der Waals surface area contributed by atoms with Crippen LogP contribution in [-0.4, -0.2) is 24.1 Å². The van der Waals surface area contributed by atoms with Gasteiger partial charge in [0.05, 0.1) is 11.0 Å². The Morgan fingerprint density at radius 1 is 1.34 bits per heavy atom. The molecular weight excluding hydrogens is 375 g/mol. The number of aromatic nitrogens is 5. The zero-order valence-corrected chi connectivity index (χ0v) is 16.0. The van der Waals surface area contributed by atoms with Crippen LogP contribution >= 0.6 is 0 Å². The summed E-state index contributed by atoms with van der Waals surface area (Å²) in [6, 6.07) is 4.33. The number of imidazole rings is 1. The fourth-order valence-electron chi connectivity index (χ4n) is 3.86. The van der Waals surface area contributed by atoms with Crippen molar-refractivity contribution in [2.24, 2.45) is 5.92 Å². The molecule has 1 saturated carbocycles. The first kappa shape index (κ1) is 17.6. The van der Waals surface area contributed by atoms with Crippen molar-refractivity contribution in [2.75, 3.05) is 0 Å². The molecule has 29 heavy (non-hydrogen) atoms. The highest BCUT2D eigenvalue weighted by atomic mass is 19.1. The second-order valence-corrected chi connectivity index (χ2v) is 7.76. The van der Waals surface area contributed by atoms with Crippen LogP contribution in [0, 0.1) is 23.1 Å². The van der Waals surface area contributed by atoms with Gasteiger partial charge in [0.2, 0.25) is 11.7 Å². The van der Waals surface area contributed by atoms with Crippen molar-refractivity contribution >= 4 is 16.6 Å². The molecule has 0 radical (unpaired) electrons. The van der Waals surface area contributed by atoms with Gasteiger partial charge in [0, 0.05) is 12.0 Å². The second-order valence-electron chi connectivity index (χ2n) is 7.76. The minimum Gasteiger partial charge on any atom is -0.339 e. The number of hydrogen-bond acceptors (Lipinski definition) is 6. The third-order valence-electron chi connectivity index (χ3n) is 5.50. The highest BCUT2D eigenvalue weighted by molar-refractivity contribution is 5.87. The molecule has 1 fully saturated rings. The van der Waals surface area contributed by atoms with E-state index in [2.05, 4.69) is 22.0 Å². The van der Waals surface area contributed by atoms with Gasteiger partial charge >= 0.3 is 0 Å². The van der Waals surface area contributed by atoms with Crippen molar-refractivity contribution in [3.63, 3.8) is 0 Å². The Morgan fingerprint density at radius 3 is 2.76 bits per heavy atom. The zero-order chi connectivity index (χ0) is 20.4. The van der Waals surface area contributed by atoms with Gasteiger partial charge in [-0.25, -0.2) is 9.37 Å². The van der Waals surface area contributed by atoms with E-state index in [0.29, 0.717) is 23.0 Å². The fraction of sp³-hybridized carbons (Fsp3) is 0.350. The summed E-state index contributed by atoms with van der Waals surface area (Å²) in [4.78, 5) is 22.2. The molecule has 2 unspecified atom stereocenters. The van der Waals surface area contributed by atoms with Crippen molar-refractivity contribution in [2.45, 2.75) is 39.2 Å². The summed E-state index contributed by atoms with van der Waals surface area (Å²) in [6.45, 7) is 5.72. The predicted octanol–water partition coefficient (Wildman–Crippen LogP) is 3.41. The summed E-state index contributed by atoms with van der Waals surface area (Å²) >= 11 is 0. The molecule has 1 aromatic carbocycles. The SMILES string of the molecule is CC1CC1c1nc(-c2ncn3c2c(=O)n(C(C)C)c2c(C#N)c(F)ccc23)no1. The molecule has 0 saturated heterocycles. The number of halogens is 1. The van der Waals surface area contributed by atoms with E-state index in [1.165, 1.54) is 23.0 Å². The Hall–Kier alpha value is -3.54. The standard InChI is InChI=1S/C20H17FN6O2/c1-9(2)27-16-12(7-22)13(21)4-5-14(16)26-8-23-15(17(26)20(27)28)18-24-19(29-25-18)11-6-10(11)3/h4-5,8-11H,6H2,1-3H3. The Kier molecular flexibility index (Phi) is 3.62. The smallest absolute Gasteiger partial charge is 0.278 e. The van der Waals surface area contributed by atoms with Crippen molar-refractivity contribution in [3.05, 3.63) is 46.1 Å². The molecule has 3 heterocycles. The van der Waals surface area contributed by atoms with Gasteiger partial charge in [-0.3, -0.25) is 9.20 Å². The first-order valence-electron chi connectivity index (χ1n) is 9.40. The maximum atomic E-state index is 14.3. The van der Waals surface area contributed by atoms with E-state index in [-0.39, 0.29) is 34.4 Å². The summed E-state index contributed by atoms with van der Waals surface area (Å²) in [6.07, 6.45) is 2.47. The van der Waals surface area contributed by atoms with Crippen molar-refractivity contribution in [1.82, 2.24) is 24.1 Å². The normalized spacial score (nSPS) is 18.6. The monoisotopic (exact) mass is 392 g/mol. The topological polar surface area (TPSA) is 102 Å². The van der Waals surface area contributed by atoms with Gasteiger partial charge in [0.15, 0.2) is 0 Å². The minimum atomic E-state index is -0.671. The summed E-state index contributed by atoms with van der Waals surface area (Å²) < 4.78 is 22.6. The van der Waals surface area contributed by atoms with Crippen LogP contribution in [0.4, 0.5) is 4.39 Å². The molecule has 0 N–H and O–H groups in total. The van der Waals surface area contributed by atoms with Gasteiger partial charge in [-0.05, 0) is 38.3 Å². The van der Waals surface area contributed by atoms with Crippen LogP contribution in [0.25, 0.3) is 28.1 Å². The number of nitriles is 1. The Balaban J connectivity index is 1.85. The van der Waals surface area contributed by atoms with Crippen LogP contribution in [0.1, 0.15) is 50.6 Å². The van der Waals surface area contributed by atoms with Crippen LogP contribution in [0.15, 0.2) is 27.8 Å². The fourth-order valence-corrected chi connectivity index (χ4v) is 3.86. The maximum Gasteiger partial charge on any atom is 0.278 e. The average Bonchev–Trinajstić information content (AvgIpc) is 3.10. The lowest BCUT2D eigenvalue weighted by Gasteiger charge is -2.16. The van der Waals surface area contributed by atoms with Crippen LogP contribution < -0.4 is 5.56 Å². The lowest BCUT2D eigenvalue weighted by molar-refractivity contribution is 0.376. The van der Waals surface area contributed by atoms with Crippen LogP contribution in [-0.2, 0) is 0 Å². The van der Waals surface area contributed by atoms with E-state index in [1.807, 2.05) is 6.07 Å². The Labute approximate surface area is 164 Å². The van der Waals surface area contributed by atoms with Gasteiger partial charge < -0.3 is 9.09 Å². The Bertz CT molecular complexity index is 1390. The molecule has 146 valence electrons. The van der Waals surface area contributed by atoms with Gasteiger partial charge in [-0.1, -0.05) is 12.1 Å². The first-order valence-corrected chi connectivity index (χ1v) is 9.40. The number of hydrogen-bond donors (Lipinski definition) is 0. The molecule has 2 atom stereocenters. The molecule has 8 nitrogen and oxygen atoms in total. The number of nitrogens with zero attached hydrogens (tertiary/aromatic N) is 6. The van der Waals surface area contributed by atoms with Crippen molar-refractivity contribution < 1.29 is 8.91 Å². The van der Waals surface area contributed by atoms with Crippen molar-refractivity contribution in [3.8, 4) is 17.6 Å². The van der Waals surface area contributed by atoms with E-state index in [0.717, 1.165) is 6.42 Å². The quantitative estimate of drug-likeness (QED) is 0.529. The lowest BCUT2D eigenvalue weighted by atomic mass is 10.1. The van der Waals surface area contributed by atoms with Gasteiger partial charge in [0.1, 0.15) is 35.0 Å². The Morgan fingerprint density at radius 2 is 2.10 bits per heavy atom. The van der Waals surface area contributed by atoms with Crippen LogP contribution in [0.2, 0.25) is 0 Å². The van der Waals surface area contributed by atoms with Crippen molar-refractivity contribution in [1.29, 1.82) is 5.26 Å². The van der Waals surface area contributed by atoms with E-state index < -0.39 is 11.4 Å². The molecule has 1 aliphatic carbocycles. The number of benzene rings is 1. The summed E-state index contributed by atoms with van der Waals surface area (Å²) in [5.41, 5.74) is 0.743. The zero-order valence-electron chi connectivity index (χ0n) is 16.0. The van der Waals surface area contributed by atoms with Gasteiger partial charge in [0.25, 0.3) is 5.56 Å². The molecule has 0 bridgehead atoms. The third-order valence-corrected chi connectivity index (χ3v) is 5.50.